The molecule has 0 saturated carbocycles. The van der Waals surface area contributed by atoms with Gasteiger partial charge in [0.15, 0.2) is 5.54 Å². The maximum Gasteiger partial charge on any atom is 0.261 e. The Kier molecular flexibility index (Phi) is 3.91. The molecule has 1 aliphatic rings. The topological polar surface area (TPSA) is 49.4 Å². The second-order valence-electron chi connectivity index (χ2n) is 6.64. The minimum atomic E-state index is -1.17. The average Bonchev–Trinajstić information content (AvgIpc) is 2.78. The Morgan fingerprint density at radius 2 is 1.79 bits per heavy atom. The number of nitrogens with zero attached hydrogens (tertiary/aromatic N) is 1. The zero-order valence-electron chi connectivity index (χ0n) is 14.5. The summed E-state index contributed by atoms with van der Waals surface area (Å²) in [6.07, 6.45) is 0. The molecule has 0 aliphatic carbocycles. The largest absolute Gasteiger partial charge is 0.334 e. The monoisotopic (exact) mass is 322 g/mol. The molecule has 0 fully saturated rings. The molecule has 124 valence electrons. The summed E-state index contributed by atoms with van der Waals surface area (Å²) >= 11 is 0. The van der Waals surface area contributed by atoms with Crippen molar-refractivity contribution < 1.29 is 9.59 Å². The zero-order valence-corrected chi connectivity index (χ0v) is 14.5. The Morgan fingerprint density at radius 3 is 2.42 bits per heavy atom. The molecule has 1 N–H and O–H groups in total. The average molecular weight is 322 g/mol. The summed E-state index contributed by atoms with van der Waals surface area (Å²) in [6, 6.07) is 15.4. The summed E-state index contributed by atoms with van der Waals surface area (Å²) in [5.74, 6) is -0.490. The molecule has 2 amide bonds. The zero-order chi connectivity index (χ0) is 17.5. The van der Waals surface area contributed by atoms with Gasteiger partial charge in [0.2, 0.25) is 5.91 Å². The molecule has 24 heavy (non-hydrogen) atoms. The van der Waals surface area contributed by atoms with Crippen LogP contribution in [-0.4, -0.2) is 18.9 Å². The molecule has 0 bridgehead atoms. The van der Waals surface area contributed by atoms with Crippen LogP contribution in [0.15, 0.2) is 48.5 Å². The lowest BCUT2D eigenvalue weighted by Gasteiger charge is -2.31. The highest BCUT2D eigenvalue weighted by Crippen LogP contribution is 2.44. The highest BCUT2D eigenvalue weighted by atomic mass is 16.2. The first-order chi connectivity index (χ1) is 11.4. The van der Waals surface area contributed by atoms with Crippen LogP contribution in [0, 0.1) is 12.8 Å². The first kappa shape index (κ1) is 16.2. The van der Waals surface area contributed by atoms with Crippen molar-refractivity contribution in [3.05, 3.63) is 65.2 Å². The van der Waals surface area contributed by atoms with Crippen LogP contribution in [0.1, 0.15) is 30.5 Å². The lowest BCUT2D eigenvalue weighted by Crippen LogP contribution is -2.54. The third kappa shape index (κ3) is 2.30. The van der Waals surface area contributed by atoms with E-state index in [2.05, 4.69) is 5.32 Å². The smallest absolute Gasteiger partial charge is 0.261 e. The maximum absolute atomic E-state index is 13.3. The van der Waals surface area contributed by atoms with Crippen LogP contribution in [0.4, 0.5) is 5.69 Å². The lowest BCUT2D eigenvalue weighted by atomic mass is 9.82. The van der Waals surface area contributed by atoms with Crippen LogP contribution in [0.5, 0.6) is 0 Å². The molecule has 4 heteroatoms. The van der Waals surface area contributed by atoms with Gasteiger partial charge in [0.1, 0.15) is 0 Å². The van der Waals surface area contributed by atoms with Gasteiger partial charge in [-0.05, 0) is 18.6 Å². The van der Waals surface area contributed by atoms with Gasteiger partial charge in [0.05, 0.1) is 0 Å². The Hall–Kier alpha value is -2.62. The Labute approximate surface area is 142 Å². The van der Waals surface area contributed by atoms with Gasteiger partial charge in [-0.2, -0.15) is 0 Å². The number of amides is 2. The predicted octanol–water partition coefficient (Wildman–Crippen LogP) is 2.99. The molecular weight excluding hydrogens is 300 g/mol. The summed E-state index contributed by atoms with van der Waals surface area (Å²) in [6.45, 7) is 5.64. The summed E-state index contributed by atoms with van der Waals surface area (Å²) in [5.41, 5.74) is 2.32. The van der Waals surface area contributed by atoms with Crippen molar-refractivity contribution in [3.8, 4) is 0 Å². The normalized spacial score (nSPS) is 19.5. The molecule has 0 aromatic heterocycles. The van der Waals surface area contributed by atoms with Crippen molar-refractivity contribution >= 4 is 17.5 Å². The van der Waals surface area contributed by atoms with Crippen molar-refractivity contribution in [2.24, 2.45) is 5.92 Å². The molecule has 1 heterocycles. The van der Waals surface area contributed by atoms with E-state index in [1.54, 1.807) is 11.9 Å². The lowest BCUT2D eigenvalue weighted by molar-refractivity contribution is -0.131. The third-order valence-electron chi connectivity index (χ3n) is 4.58. The number of hydrogen-bond donors (Lipinski definition) is 1. The van der Waals surface area contributed by atoms with Gasteiger partial charge < -0.3 is 10.2 Å². The number of fused-ring (bicyclic) bond motifs is 1. The number of carbonyl (C=O) groups excluding carboxylic acids is 2. The number of benzene rings is 2. The van der Waals surface area contributed by atoms with Crippen molar-refractivity contribution in [1.82, 2.24) is 5.32 Å². The Morgan fingerprint density at radius 1 is 1.12 bits per heavy atom. The summed E-state index contributed by atoms with van der Waals surface area (Å²) in [4.78, 5) is 27.4. The van der Waals surface area contributed by atoms with Gasteiger partial charge in [-0.25, -0.2) is 0 Å². The molecular formula is C20H22N2O2. The fourth-order valence-corrected chi connectivity index (χ4v) is 3.21. The third-order valence-corrected chi connectivity index (χ3v) is 4.58. The highest BCUT2D eigenvalue weighted by Gasteiger charge is 2.52. The number of rotatable bonds is 3. The summed E-state index contributed by atoms with van der Waals surface area (Å²) in [7, 11) is 1.75. The molecule has 0 saturated heterocycles. The van der Waals surface area contributed by atoms with Crippen LogP contribution in [-0.2, 0) is 15.1 Å². The molecule has 1 atom stereocenters. The van der Waals surface area contributed by atoms with Crippen LogP contribution >= 0.6 is 0 Å². The number of aryl methyl sites for hydroxylation is 1. The number of hydrogen-bond acceptors (Lipinski definition) is 2. The van der Waals surface area contributed by atoms with Crippen molar-refractivity contribution in [1.29, 1.82) is 0 Å². The standard InChI is InChI=1S/C20H22N2O2/c1-13(2)18(23)21-20(15-8-6-5-7-9-15)16-12-14(3)10-11-17(16)22(4)19(20)24/h5-13H,1-4H3,(H,21,23). The van der Waals surface area contributed by atoms with E-state index in [1.807, 2.05) is 69.3 Å². The molecule has 0 spiro atoms. The highest BCUT2D eigenvalue weighted by molar-refractivity contribution is 6.11. The quantitative estimate of drug-likeness (QED) is 0.944. The van der Waals surface area contributed by atoms with E-state index >= 15 is 0 Å². The van der Waals surface area contributed by atoms with Crippen molar-refractivity contribution in [2.75, 3.05) is 11.9 Å². The molecule has 1 aliphatic heterocycles. The van der Waals surface area contributed by atoms with Crippen molar-refractivity contribution in [3.63, 3.8) is 0 Å². The van der Waals surface area contributed by atoms with Crippen LogP contribution in [0.3, 0.4) is 0 Å². The predicted molar refractivity (Wildman–Crippen MR) is 94.8 cm³/mol. The van der Waals surface area contributed by atoms with Gasteiger partial charge in [0, 0.05) is 24.2 Å². The van der Waals surface area contributed by atoms with Crippen LogP contribution < -0.4 is 10.2 Å². The Bertz CT molecular complexity index is 799. The minimum absolute atomic E-state index is 0.136. The van der Waals surface area contributed by atoms with E-state index < -0.39 is 5.54 Å². The summed E-state index contributed by atoms with van der Waals surface area (Å²) < 4.78 is 0. The molecule has 1 unspecified atom stereocenters. The van der Waals surface area contributed by atoms with E-state index in [0.29, 0.717) is 0 Å². The fraction of sp³-hybridized carbons (Fsp3) is 0.300. The Balaban J connectivity index is 2.28. The maximum atomic E-state index is 13.3. The molecule has 0 radical (unpaired) electrons. The van der Waals surface area contributed by atoms with Crippen LogP contribution in [0.25, 0.3) is 0 Å². The van der Waals surface area contributed by atoms with E-state index in [1.165, 1.54) is 0 Å². The van der Waals surface area contributed by atoms with Gasteiger partial charge in [0.25, 0.3) is 5.91 Å². The molecule has 3 rings (SSSR count). The van der Waals surface area contributed by atoms with E-state index in [9.17, 15) is 9.59 Å². The number of likely N-dealkylation sites (N-methyl/N-ethyl adjacent to an activating group) is 1. The molecule has 4 nitrogen and oxygen atoms in total. The van der Waals surface area contributed by atoms with Gasteiger partial charge in [-0.3, -0.25) is 9.59 Å². The van der Waals surface area contributed by atoms with Gasteiger partial charge >= 0.3 is 0 Å². The second-order valence-corrected chi connectivity index (χ2v) is 6.64. The first-order valence-electron chi connectivity index (χ1n) is 8.14. The van der Waals surface area contributed by atoms with Crippen molar-refractivity contribution in [2.45, 2.75) is 26.3 Å². The first-order valence-corrected chi connectivity index (χ1v) is 8.14. The van der Waals surface area contributed by atoms with Gasteiger partial charge in [-0.15, -0.1) is 0 Å². The second kappa shape index (κ2) is 5.78. The summed E-state index contributed by atoms with van der Waals surface area (Å²) in [5, 5.41) is 3.04. The molecule has 2 aromatic carbocycles. The minimum Gasteiger partial charge on any atom is -0.334 e. The van der Waals surface area contributed by atoms with Crippen LogP contribution in [0.2, 0.25) is 0 Å². The SMILES string of the molecule is Cc1ccc2c(c1)C(NC(=O)C(C)C)(c1ccccc1)C(=O)N2C. The van der Waals surface area contributed by atoms with Gasteiger partial charge in [-0.1, -0.05) is 61.9 Å². The number of carbonyl (C=O) groups is 2. The van der Waals surface area contributed by atoms with E-state index in [0.717, 1.165) is 22.4 Å². The number of anilines is 1. The van der Waals surface area contributed by atoms with E-state index in [-0.39, 0.29) is 17.7 Å². The van der Waals surface area contributed by atoms with E-state index in [4.69, 9.17) is 0 Å². The fourth-order valence-electron chi connectivity index (χ4n) is 3.21. The number of nitrogens with one attached hydrogen (secondary N) is 1. The molecule has 2 aromatic rings.